The van der Waals surface area contributed by atoms with E-state index in [0.29, 0.717) is 0 Å². The molecule has 0 unspecified atom stereocenters. The minimum absolute atomic E-state index is 1.05. The zero-order chi connectivity index (χ0) is 10.5. The third-order valence-electron chi connectivity index (χ3n) is 3.26. The molecule has 1 aromatic carbocycles. The highest BCUT2D eigenvalue weighted by molar-refractivity contribution is 6.59. The van der Waals surface area contributed by atoms with E-state index in [2.05, 4.69) is 29.3 Å². The van der Waals surface area contributed by atoms with Crippen LogP contribution in [-0.2, 0) is 0 Å². The average molecular weight is 206 g/mol. The molecule has 2 aliphatic heterocycles. The van der Waals surface area contributed by atoms with E-state index < -0.39 is 0 Å². The highest BCUT2D eigenvalue weighted by Gasteiger charge is 2.31. The van der Waals surface area contributed by atoms with Gasteiger partial charge in [-0.15, -0.1) is 0 Å². The van der Waals surface area contributed by atoms with Gasteiger partial charge in [0.2, 0.25) is 0 Å². The van der Waals surface area contributed by atoms with Crippen LogP contribution in [0, 0.1) is 0 Å². The first-order valence-corrected chi connectivity index (χ1v) is 5.61. The smallest absolute Gasteiger partial charge is 0.0991 e. The number of hydrogen-bond acceptors (Lipinski definition) is 2. The summed E-state index contributed by atoms with van der Waals surface area (Å²) in [6, 6.07) is 8.23. The molecule has 0 saturated carbocycles. The Morgan fingerprint density at radius 2 is 1.94 bits per heavy atom. The molecule has 0 N–H and O–H groups in total. The van der Waals surface area contributed by atoms with E-state index in [-0.39, 0.29) is 0 Å². The molecule has 3 aliphatic rings. The lowest BCUT2D eigenvalue weighted by molar-refractivity contribution is 0.942. The third-order valence-corrected chi connectivity index (χ3v) is 3.26. The Balaban J connectivity index is 1.94. The van der Waals surface area contributed by atoms with Crippen LogP contribution in [-0.4, -0.2) is 11.4 Å². The maximum atomic E-state index is 4.73. The molecule has 4 rings (SSSR count). The Kier molecular flexibility index (Phi) is 1.43. The van der Waals surface area contributed by atoms with E-state index >= 15 is 0 Å². The summed E-state index contributed by atoms with van der Waals surface area (Å²) in [5.74, 6) is 0. The lowest BCUT2D eigenvalue weighted by Crippen LogP contribution is -2.08. The molecule has 0 bridgehead atoms. The minimum Gasteiger partial charge on any atom is -0.250 e. The van der Waals surface area contributed by atoms with Gasteiger partial charge in [0, 0.05) is 11.1 Å². The minimum atomic E-state index is 1.05. The summed E-state index contributed by atoms with van der Waals surface area (Å²) in [5.41, 5.74) is 6.84. The number of para-hydroxylation sites is 1. The van der Waals surface area contributed by atoms with Crippen LogP contribution in [0.2, 0.25) is 0 Å². The zero-order valence-corrected chi connectivity index (χ0v) is 8.77. The van der Waals surface area contributed by atoms with Crippen molar-refractivity contribution < 1.29 is 0 Å². The Hall–Kier alpha value is -1.96. The molecular formula is C14H10N2. The molecule has 76 valence electrons. The quantitative estimate of drug-likeness (QED) is 0.623. The molecule has 0 aromatic heterocycles. The number of fused-ring (bicyclic) bond motifs is 4. The molecule has 0 saturated heterocycles. The monoisotopic (exact) mass is 206 g/mol. The lowest BCUT2D eigenvalue weighted by Gasteiger charge is -2.04. The maximum Gasteiger partial charge on any atom is 0.0991 e. The Bertz CT molecular complexity index is 615. The second-order valence-corrected chi connectivity index (χ2v) is 4.24. The van der Waals surface area contributed by atoms with E-state index in [0.717, 1.165) is 30.0 Å². The van der Waals surface area contributed by atoms with E-state index in [1.165, 1.54) is 16.8 Å². The largest absolute Gasteiger partial charge is 0.250 e. The van der Waals surface area contributed by atoms with Crippen LogP contribution in [0.4, 0.5) is 5.69 Å². The topological polar surface area (TPSA) is 24.7 Å². The van der Waals surface area contributed by atoms with Gasteiger partial charge in [-0.25, -0.2) is 9.98 Å². The van der Waals surface area contributed by atoms with E-state index in [9.17, 15) is 0 Å². The molecule has 0 radical (unpaired) electrons. The standard InChI is InChI=1S/C14H10N2/c1-3-7-11-9(5-1)13-14(15-11)10-6-2-4-8-12(10)16-13/h1-3,5-7H,4,8H2. The fraction of sp³-hybridized carbons (Fsp3) is 0.143. The van der Waals surface area contributed by atoms with Crippen LogP contribution < -0.4 is 0 Å². The Labute approximate surface area is 93.7 Å². The number of benzene rings is 1. The summed E-state index contributed by atoms with van der Waals surface area (Å²) in [6.45, 7) is 0. The number of allylic oxidation sites excluding steroid dienone is 4. The third kappa shape index (κ3) is 0.915. The SMILES string of the molecule is C1=CC2=C(CC1)N=C1C2=Nc2ccccc21. The van der Waals surface area contributed by atoms with Crippen molar-refractivity contribution in [2.75, 3.05) is 0 Å². The molecule has 1 aliphatic carbocycles. The number of nitrogens with zero attached hydrogens (tertiary/aromatic N) is 2. The average Bonchev–Trinajstić information content (AvgIpc) is 2.85. The van der Waals surface area contributed by atoms with Crippen molar-refractivity contribution in [3.63, 3.8) is 0 Å². The lowest BCUT2D eigenvalue weighted by atomic mass is 9.99. The Morgan fingerprint density at radius 3 is 2.94 bits per heavy atom. The fourth-order valence-electron chi connectivity index (χ4n) is 2.49. The van der Waals surface area contributed by atoms with E-state index in [1.807, 2.05) is 12.1 Å². The van der Waals surface area contributed by atoms with Gasteiger partial charge in [0.05, 0.1) is 22.8 Å². The van der Waals surface area contributed by atoms with Crippen molar-refractivity contribution in [2.45, 2.75) is 12.8 Å². The zero-order valence-electron chi connectivity index (χ0n) is 8.77. The summed E-state index contributed by atoms with van der Waals surface area (Å²) >= 11 is 0. The molecule has 2 heterocycles. The van der Waals surface area contributed by atoms with E-state index in [4.69, 9.17) is 4.99 Å². The van der Waals surface area contributed by atoms with Crippen LogP contribution in [0.1, 0.15) is 18.4 Å². The van der Waals surface area contributed by atoms with Gasteiger partial charge >= 0.3 is 0 Å². The summed E-state index contributed by atoms with van der Waals surface area (Å²) in [4.78, 5) is 9.40. The van der Waals surface area contributed by atoms with Crippen LogP contribution in [0.3, 0.4) is 0 Å². The normalized spacial score (nSPS) is 20.2. The van der Waals surface area contributed by atoms with Gasteiger partial charge in [-0.1, -0.05) is 30.4 Å². The summed E-state index contributed by atoms with van der Waals surface area (Å²) in [6.07, 6.45) is 6.53. The molecule has 0 fully saturated rings. The number of hydrogen-bond donors (Lipinski definition) is 0. The summed E-state index contributed by atoms with van der Waals surface area (Å²) in [5, 5.41) is 0. The van der Waals surface area contributed by atoms with E-state index in [1.54, 1.807) is 0 Å². The highest BCUT2D eigenvalue weighted by Crippen LogP contribution is 2.37. The van der Waals surface area contributed by atoms with Crippen molar-refractivity contribution in [3.05, 3.63) is 53.3 Å². The first-order valence-electron chi connectivity index (χ1n) is 5.61. The van der Waals surface area contributed by atoms with Gasteiger partial charge in [-0.2, -0.15) is 0 Å². The molecule has 0 spiro atoms. The molecule has 16 heavy (non-hydrogen) atoms. The highest BCUT2D eigenvalue weighted by atomic mass is 14.9. The van der Waals surface area contributed by atoms with Gasteiger partial charge in [0.15, 0.2) is 0 Å². The van der Waals surface area contributed by atoms with Crippen LogP contribution in [0.5, 0.6) is 0 Å². The van der Waals surface area contributed by atoms with Crippen LogP contribution >= 0.6 is 0 Å². The first kappa shape index (κ1) is 8.22. The summed E-state index contributed by atoms with van der Waals surface area (Å²) in [7, 11) is 0. The van der Waals surface area contributed by atoms with Crippen molar-refractivity contribution in [2.24, 2.45) is 9.98 Å². The van der Waals surface area contributed by atoms with Gasteiger partial charge in [-0.05, 0) is 18.9 Å². The van der Waals surface area contributed by atoms with Crippen LogP contribution in [0.15, 0.2) is 57.7 Å². The molecule has 0 amide bonds. The van der Waals surface area contributed by atoms with Gasteiger partial charge in [0.25, 0.3) is 0 Å². The van der Waals surface area contributed by atoms with Gasteiger partial charge < -0.3 is 0 Å². The second kappa shape index (κ2) is 2.79. The van der Waals surface area contributed by atoms with Gasteiger partial charge in [0.1, 0.15) is 0 Å². The number of aliphatic imine (C=N–C) groups is 2. The van der Waals surface area contributed by atoms with Crippen molar-refractivity contribution in [1.82, 2.24) is 0 Å². The summed E-state index contributed by atoms with van der Waals surface area (Å²) < 4.78 is 0. The second-order valence-electron chi connectivity index (χ2n) is 4.24. The predicted molar refractivity (Wildman–Crippen MR) is 65.5 cm³/mol. The Morgan fingerprint density at radius 1 is 1.00 bits per heavy atom. The first-order chi connectivity index (χ1) is 7.93. The fourth-order valence-corrected chi connectivity index (χ4v) is 2.49. The molecule has 2 heteroatoms. The molecular weight excluding hydrogens is 196 g/mol. The molecule has 2 nitrogen and oxygen atoms in total. The molecule has 1 aromatic rings. The van der Waals surface area contributed by atoms with Crippen molar-refractivity contribution in [3.8, 4) is 0 Å². The molecule has 0 atom stereocenters. The maximum absolute atomic E-state index is 4.73. The van der Waals surface area contributed by atoms with Gasteiger partial charge in [-0.3, -0.25) is 0 Å². The van der Waals surface area contributed by atoms with Crippen molar-refractivity contribution in [1.29, 1.82) is 0 Å². The van der Waals surface area contributed by atoms with Crippen LogP contribution in [0.25, 0.3) is 0 Å². The predicted octanol–water partition coefficient (Wildman–Crippen LogP) is 3.18. The number of rotatable bonds is 0. The van der Waals surface area contributed by atoms with Crippen molar-refractivity contribution >= 4 is 17.1 Å².